The minimum atomic E-state index is -0.229. The molecule has 0 bridgehead atoms. The van der Waals surface area contributed by atoms with Crippen molar-refractivity contribution in [1.82, 2.24) is 4.98 Å². The third kappa shape index (κ3) is 2.48. The number of hydrogen-bond acceptors (Lipinski definition) is 3. The lowest BCUT2D eigenvalue weighted by Gasteiger charge is -2.08. The Balaban J connectivity index is 2.02. The van der Waals surface area contributed by atoms with E-state index in [1.54, 1.807) is 30.6 Å². The van der Waals surface area contributed by atoms with Crippen molar-refractivity contribution < 1.29 is 4.39 Å². The van der Waals surface area contributed by atoms with Crippen LogP contribution in [0.25, 0.3) is 0 Å². The topological polar surface area (TPSA) is 50.9 Å². The van der Waals surface area contributed by atoms with Crippen molar-refractivity contribution in [2.45, 2.75) is 6.54 Å². The summed E-state index contributed by atoms with van der Waals surface area (Å²) < 4.78 is 12.7. The predicted molar refractivity (Wildman–Crippen MR) is 62.4 cm³/mol. The molecule has 2 rings (SSSR count). The lowest BCUT2D eigenvalue weighted by atomic mass is 10.2. The number of anilines is 2. The zero-order valence-corrected chi connectivity index (χ0v) is 8.65. The third-order valence-electron chi connectivity index (χ3n) is 2.25. The van der Waals surface area contributed by atoms with Crippen LogP contribution in [-0.4, -0.2) is 4.98 Å². The summed E-state index contributed by atoms with van der Waals surface area (Å²) in [7, 11) is 0. The Kier molecular flexibility index (Phi) is 3.00. The van der Waals surface area contributed by atoms with Gasteiger partial charge in [0, 0.05) is 12.7 Å². The zero-order valence-electron chi connectivity index (χ0n) is 8.65. The minimum absolute atomic E-state index is 0.229. The Morgan fingerprint density at radius 2 is 1.94 bits per heavy atom. The number of nitrogens with zero attached hydrogens (tertiary/aromatic N) is 1. The summed E-state index contributed by atoms with van der Waals surface area (Å²) >= 11 is 0. The van der Waals surface area contributed by atoms with E-state index in [0.717, 1.165) is 11.3 Å². The van der Waals surface area contributed by atoms with Crippen LogP contribution in [0.4, 0.5) is 15.8 Å². The van der Waals surface area contributed by atoms with Crippen LogP contribution in [-0.2, 0) is 6.54 Å². The molecule has 0 aliphatic rings. The van der Waals surface area contributed by atoms with Crippen molar-refractivity contribution in [3.63, 3.8) is 0 Å². The highest BCUT2D eigenvalue weighted by Crippen LogP contribution is 2.16. The van der Waals surface area contributed by atoms with E-state index in [0.29, 0.717) is 12.2 Å². The standard InChI is InChI=1S/C12H12FN3/c13-10-3-1-9(2-4-10)7-16-12-5-6-15-8-11(12)14/h1-6,8H,7,14H2,(H,15,16). The van der Waals surface area contributed by atoms with Gasteiger partial charge in [-0.15, -0.1) is 0 Å². The van der Waals surface area contributed by atoms with Gasteiger partial charge in [-0.1, -0.05) is 12.1 Å². The van der Waals surface area contributed by atoms with E-state index in [-0.39, 0.29) is 5.82 Å². The maximum absolute atomic E-state index is 12.7. The van der Waals surface area contributed by atoms with E-state index in [2.05, 4.69) is 10.3 Å². The van der Waals surface area contributed by atoms with Crippen molar-refractivity contribution in [2.24, 2.45) is 0 Å². The molecule has 0 spiro atoms. The number of nitrogen functional groups attached to an aromatic ring is 1. The number of hydrogen-bond donors (Lipinski definition) is 2. The van der Waals surface area contributed by atoms with Crippen molar-refractivity contribution in [1.29, 1.82) is 0 Å². The maximum atomic E-state index is 12.7. The van der Waals surface area contributed by atoms with Gasteiger partial charge in [0.25, 0.3) is 0 Å². The van der Waals surface area contributed by atoms with Crippen LogP contribution in [0, 0.1) is 5.82 Å². The zero-order chi connectivity index (χ0) is 11.4. The fourth-order valence-electron chi connectivity index (χ4n) is 1.37. The summed E-state index contributed by atoms with van der Waals surface area (Å²) in [5, 5.41) is 3.16. The lowest BCUT2D eigenvalue weighted by Crippen LogP contribution is -2.02. The minimum Gasteiger partial charge on any atom is -0.396 e. The van der Waals surface area contributed by atoms with Gasteiger partial charge in [-0.2, -0.15) is 0 Å². The molecule has 3 N–H and O–H groups in total. The van der Waals surface area contributed by atoms with Crippen LogP contribution < -0.4 is 11.1 Å². The van der Waals surface area contributed by atoms with Crippen molar-refractivity contribution in [3.05, 3.63) is 54.1 Å². The summed E-state index contributed by atoms with van der Waals surface area (Å²) in [6, 6.07) is 8.15. The van der Waals surface area contributed by atoms with E-state index in [1.807, 2.05) is 0 Å². The Hall–Kier alpha value is -2.10. The largest absolute Gasteiger partial charge is 0.396 e. The van der Waals surface area contributed by atoms with Gasteiger partial charge in [0.1, 0.15) is 5.82 Å². The fourth-order valence-corrected chi connectivity index (χ4v) is 1.37. The van der Waals surface area contributed by atoms with E-state index in [4.69, 9.17) is 5.73 Å². The Morgan fingerprint density at radius 3 is 2.62 bits per heavy atom. The second-order valence-electron chi connectivity index (χ2n) is 3.44. The van der Waals surface area contributed by atoms with Crippen LogP contribution >= 0.6 is 0 Å². The molecule has 0 saturated carbocycles. The van der Waals surface area contributed by atoms with E-state index in [9.17, 15) is 4.39 Å². The van der Waals surface area contributed by atoms with Gasteiger partial charge in [0.2, 0.25) is 0 Å². The Morgan fingerprint density at radius 1 is 1.19 bits per heavy atom. The predicted octanol–water partition coefficient (Wildman–Crippen LogP) is 2.42. The number of nitrogens with two attached hydrogens (primary N) is 1. The molecule has 1 heterocycles. The number of halogens is 1. The van der Waals surface area contributed by atoms with Gasteiger partial charge >= 0.3 is 0 Å². The first-order valence-electron chi connectivity index (χ1n) is 4.93. The van der Waals surface area contributed by atoms with Crippen LogP contribution in [0.2, 0.25) is 0 Å². The molecule has 0 aliphatic carbocycles. The molecule has 1 aromatic heterocycles. The van der Waals surface area contributed by atoms with Gasteiger partial charge in [0.15, 0.2) is 0 Å². The normalized spacial score (nSPS) is 10.1. The SMILES string of the molecule is Nc1cnccc1NCc1ccc(F)cc1. The van der Waals surface area contributed by atoms with Crippen LogP contribution in [0.3, 0.4) is 0 Å². The molecule has 0 amide bonds. The van der Waals surface area contributed by atoms with Gasteiger partial charge < -0.3 is 11.1 Å². The van der Waals surface area contributed by atoms with Crippen molar-refractivity contribution in [3.8, 4) is 0 Å². The average molecular weight is 217 g/mol. The molecule has 0 radical (unpaired) electrons. The highest BCUT2D eigenvalue weighted by molar-refractivity contribution is 5.64. The first-order chi connectivity index (χ1) is 7.75. The average Bonchev–Trinajstić information content (AvgIpc) is 2.30. The molecule has 0 atom stereocenters. The van der Waals surface area contributed by atoms with Crippen molar-refractivity contribution in [2.75, 3.05) is 11.1 Å². The molecule has 0 aliphatic heterocycles. The van der Waals surface area contributed by atoms with E-state index in [1.165, 1.54) is 12.1 Å². The lowest BCUT2D eigenvalue weighted by molar-refractivity contribution is 0.627. The van der Waals surface area contributed by atoms with E-state index < -0.39 is 0 Å². The number of aromatic nitrogens is 1. The number of nitrogens with one attached hydrogen (secondary N) is 1. The molecule has 82 valence electrons. The molecular formula is C12H12FN3. The number of pyridine rings is 1. The van der Waals surface area contributed by atoms with Gasteiger partial charge in [-0.25, -0.2) is 4.39 Å². The van der Waals surface area contributed by atoms with Gasteiger partial charge in [-0.3, -0.25) is 4.98 Å². The Bertz CT molecular complexity index is 468. The molecule has 1 aromatic carbocycles. The first-order valence-corrected chi connectivity index (χ1v) is 4.93. The second-order valence-corrected chi connectivity index (χ2v) is 3.44. The summed E-state index contributed by atoms with van der Waals surface area (Å²) in [5.41, 5.74) is 8.16. The monoisotopic (exact) mass is 217 g/mol. The van der Waals surface area contributed by atoms with Crippen LogP contribution in [0.5, 0.6) is 0 Å². The van der Waals surface area contributed by atoms with Gasteiger partial charge in [-0.05, 0) is 23.8 Å². The maximum Gasteiger partial charge on any atom is 0.123 e. The molecular weight excluding hydrogens is 205 g/mol. The molecule has 3 nitrogen and oxygen atoms in total. The number of benzene rings is 1. The first kappa shape index (κ1) is 10.4. The molecule has 0 fully saturated rings. The molecule has 4 heteroatoms. The molecule has 2 aromatic rings. The summed E-state index contributed by atoms with van der Waals surface area (Å²) in [6.45, 7) is 0.606. The summed E-state index contributed by atoms with van der Waals surface area (Å²) in [4.78, 5) is 3.90. The summed E-state index contributed by atoms with van der Waals surface area (Å²) in [6.07, 6.45) is 3.26. The van der Waals surface area contributed by atoms with Gasteiger partial charge in [0.05, 0.1) is 17.6 Å². The summed E-state index contributed by atoms with van der Waals surface area (Å²) in [5.74, 6) is -0.229. The third-order valence-corrected chi connectivity index (χ3v) is 2.25. The van der Waals surface area contributed by atoms with Crippen molar-refractivity contribution >= 4 is 11.4 Å². The van der Waals surface area contributed by atoms with Crippen LogP contribution in [0.15, 0.2) is 42.7 Å². The fraction of sp³-hybridized carbons (Fsp3) is 0.0833. The smallest absolute Gasteiger partial charge is 0.123 e. The quantitative estimate of drug-likeness (QED) is 0.830. The Labute approximate surface area is 93.1 Å². The highest BCUT2D eigenvalue weighted by Gasteiger charge is 1.98. The van der Waals surface area contributed by atoms with Crippen LogP contribution in [0.1, 0.15) is 5.56 Å². The highest BCUT2D eigenvalue weighted by atomic mass is 19.1. The van der Waals surface area contributed by atoms with E-state index >= 15 is 0 Å². The second kappa shape index (κ2) is 4.61. The molecule has 0 saturated heterocycles. The molecule has 16 heavy (non-hydrogen) atoms. The number of rotatable bonds is 3. The molecule has 0 unspecified atom stereocenters.